The molecule has 1 aromatic heterocycles. The van der Waals surface area contributed by atoms with Gasteiger partial charge in [0, 0.05) is 35.5 Å². The quantitative estimate of drug-likeness (QED) is 0.505. The Bertz CT molecular complexity index is 974. The van der Waals surface area contributed by atoms with Crippen LogP contribution in [-0.2, 0) is 6.54 Å². The lowest BCUT2D eigenvalue weighted by Gasteiger charge is -2.12. The number of aromatic nitrogens is 1. The summed E-state index contributed by atoms with van der Waals surface area (Å²) in [5, 5.41) is 3.36. The Morgan fingerprint density at radius 1 is 1.14 bits per heavy atom. The van der Waals surface area contributed by atoms with Gasteiger partial charge in [-0.15, -0.1) is 0 Å². The number of nitrogens with zero attached hydrogens (tertiary/aromatic N) is 1. The molecule has 3 rings (SSSR count). The van der Waals surface area contributed by atoms with Gasteiger partial charge in [-0.3, -0.25) is 0 Å². The van der Waals surface area contributed by atoms with Crippen LogP contribution in [0.2, 0.25) is 5.02 Å². The van der Waals surface area contributed by atoms with Gasteiger partial charge >= 0.3 is 0 Å². The molecular formula is C21H17ClF2N2O2. The lowest BCUT2D eigenvalue weighted by molar-refractivity contribution is 0.379. The zero-order valence-corrected chi connectivity index (χ0v) is 15.8. The normalized spacial score (nSPS) is 10.4. The molecule has 144 valence electrons. The van der Waals surface area contributed by atoms with Crippen molar-refractivity contribution in [2.24, 2.45) is 0 Å². The lowest BCUT2D eigenvalue weighted by atomic mass is 10.1. The van der Waals surface area contributed by atoms with Gasteiger partial charge in [-0.05, 0) is 30.3 Å². The second-order valence-corrected chi connectivity index (χ2v) is 6.16. The minimum atomic E-state index is -0.607. The Kier molecular flexibility index (Phi) is 6.11. The van der Waals surface area contributed by atoms with Crippen LogP contribution in [0.4, 0.5) is 14.6 Å². The maximum Gasteiger partial charge on any atom is 0.169 e. The van der Waals surface area contributed by atoms with E-state index in [1.807, 2.05) is 0 Å². The summed E-state index contributed by atoms with van der Waals surface area (Å²) in [7, 11) is 1.52. The first-order valence-corrected chi connectivity index (χ1v) is 8.69. The fraction of sp³-hybridized carbons (Fsp3) is 0.0952. The summed E-state index contributed by atoms with van der Waals surface area (Å²) in [5.41, 5.74) is 1.41. The van der Waals surface area contributed by atoms with Crippen molar-refractivity contribution < 1.29 is 18.3 Å². The molecule has 7 heteroatoms. The lowest BCUT2D eigenvalue weighted by Crippen LogP contribution is -2.05. The van der Waals surface area contributed by atoms with Crippen LogP contribution >= 0.6 is 11.6 Å². The van der Waals surface area contributed by atoms with Crippen LogP contribution in [0, 0.1) is 11.6 Å². The van der Waals surface area contributed by atoms with E-state index < -0.39 is 11.6 Å². The van der Waals surface area contributed by atoms with Gasteiger partial charge in [0.1, 0.15) is 17.5 Å². The second-order valence-electron chi connectivity index (χ2n) is 5.75. The summed E-state index contributed by atoms with van der Waals surface area (Å²) in [5.74, 6) is 0.205. The van der Waals surface area contributed by atoms with Gasteiger partial charge in [0.2, 0.25) is 0 Å². The highest BCUT2D eigenvalue weighted by Crippen LogP contribution is 2.38. The molecule has 3 aromatic rings. The molecule has 0 fully saturated rings. The Hall–Kier alpha value is -3.12. The van der Waals surface area contributed by atoms with E-state index in [0.717, 1.165) is 5.56 Å². The fourth-order valence-corrected chi connectivity index (χ4v) is 2.90. The number of methoxy groups -OCH3 is 1. The number of pyridine rings is 1. The third-order valence-corrected chi connectivity index (χ3v) is 4.36. The molecule has 28 heavy (non-hydrogen) atoms. The summed E-state index contributed by atoms with van der Waals surface area (Å²) in [6, 6.07) is 10.6. The molecule has 0 aliphatic carbocycles. The third kappa shape index (κ3) is 4.23. The van der Waals surface area contributed by atoms with E-state index in [1.165, 1.54) is 31.6 Å². The first kappa shape index (κ1) is 19.6. The van der Waals surface area contributed by atoms with Crippen molar-refractivity contribution in [1.82, 2.24) is 4.98 Å². The zero-order valence-electron chi connectivity index (χ0n) is 15.0. The number of hydrogen-bond donors (Lipinski definition) is 1. The van der Waals surface area contributed by atoms with E-state index in [9.17, 15) is 8.78 Å². The van der Waals surface area contributed by atoms with E-state index in [-0.39, 0.29) is 12.1 Å². The molecule has 0 unspecified atom stereocenters. The van der Waals surface area contributed by atoms with Gasteiger partial charge in [-0.25, -0.2) is 13.8 Å². The van der Waals surface area contributed by atoms with E-state index in [2.05, 4.69) is 16.9 Å². The van der Waals surface area contributed by atoms with Crippen LogP contribution in [0.15, 0.2) is 61.5 Å². The monoisotopic (exact) mass is 402 g/mol. The van der Waals surface area contributed by atoms with Crippen LogP contribution in [-0.4, -0.2) is 12.1 Å². The highest BCUT2D eigenvalue weighted by atomic mass is 35.5. The summed E-state index contributed by atoms with van der Waals surface area (Å²) in [6.07, 6.45) is 2.89. The number of hydrogen-bond acceptors (Lipinski definition) is 4. The van der Waals surface area contributed by atoms with Crippen molar-refractivity contribution in [3.05, 3.63) is 83.7 Å². The van der Waals surface area contributed by atoms with Crippen molar-refractivity contribution in [3.63, 3.8) is 0 Å². The summed E-state index contributed by atoms with van der Waals surface area (Å²) >= 11 is 6.35. The van der Waals surface area contributed by atoms with Gasteiger partial charge in [-0.1, -0.05) is 24.2 Å². The molecule has 0 aliphatic rings. The van der Waals surface area contributed by atoms with Crippen molar-refractivity contribution in [3.8, 4) is 22.6 Å². The molecule has 0 amide bonds. The second kappa shape index (κ2) is 8.71. The molecule has 0 atom stereocenters. The SMILES string of the molecule is C=COc1cc(Cl)c(-c2ccc(NCc3c(F)cccc3F)nc2)cc1OC. The summed E-state index contributed by atoms with van der Waals surface area (Å²) in [6.45, 7) is 3.50. The predicted molar refractivity (Wildman–Crippen MR) is 106 cm³/mol. The van der Waals surface area contributed by atoms with Gasteiger partial charge in [0.05, 0.1) is 18.4 Å². The standard InChI is InChI=1S/C21H17ClF2N2O2/c1-3-28-20-10-16(22)14(9-19(20)27-2)13-7-8-21(25-11-13)26-12-15-17(23)5-4-6-18(15)24/h3-11H,1,12H2,2H3,(H,25,26). The van der Waals surface area contributed by atoms with Crippen molar-refractivity contribution in [1.29, 1.82) is 0 Å². The van der Waals surface area contributed by atoms with Crippen molar-refractivity contribution in [2.45, 2.75) is 6.54 Å². The highest BCUT2D eigenvalue weighted by molar-refractivity contribution is 6.33. The van der Waals surface area contributed by atoms with Crippen LogP contribution in [0.3, 0.4) is 0 Å². The number of halogens is 3. The van der Waals surface area contributed by atoms with Gasteiger partial charge < -0.3 is 14.8 Å². The first-order chi connectivity index (χ1) is 13.5. The van der Waals surface area contributed by atoms with Gasteiger partial charge in [0.15, 0.2) is 11.5 Å². The topological polar surface area (TPSA) is 43.4 Å². The minimum Gasteiger partial charge on any atom is -0.493 e. The Morgan fingerprint density at radius 2 is 1.89 bits per heavy atom. The predicted octanol–water partition coefficient (Wildman–Crippen LogP) is 5.82. The van der Waals surface area contributed by atoms with Gasteiger partial charge in [0.25, 0.3) is 0 Å². The number of ether oxygens (including phenoxy) is 2. The zero-order chi connectivity index (χ0) is 20.1. The van der Waals surface area contributed by atoms with E-state index in [4.69, 9.17) is 21.1 Å². The molecule has 0 bridgehead atoms. The number of nitrogens with one attached hydrogen (secondary N) is 1. The Labute approximate surface area is 166 Å². The van der Waals surface area contributed by atoms with Crippen LogP contribution in [0.25, 0.3) is 11.1 Å². The maximum atomic E-state index is 13.7. The number of benzene rings is 2. The first-order valence-electron chi connectivity index (χ1n) is 8.31. The fourth-order valence-electron chi connectivity index (χ4n) is 2.64. The van der Waals surface area contributed by atoms with Crippen LogP contribution in [0.1, 0.15) is 5.56 Å². The van der Waals surface area contributed by atoms with Crippen molar-refractivity contribution >= 4 is 17.4 Å². The van der Waals surface area contributed by atoms with Gasteiger partial charge in [-0.2, -0.15) is 0 Å². The number of anilines is 1. The third-order valence-electron chi connectivity index (χ3n) is 4.05. The molecule has 1 heterocycles. The molecular weight excluding hydrogens is 386 g/mol. The number of rotatable bonds is 7. The average Bonchev–Trinajstić information content (AvgIpc) is 2.69. The molecule has 0 aliphatic heterocycles. The van der Waals surface area contributed by atoms with Crippen molar-refractivity contribution in [2.75, 3.05) is 12.4 Å². The summed E-state index contributed by atoms with van der Waals surface area (Å²) < 4.78 is 38.0. The average molecular weight is 403 g/mol. The van der Waals surface area contributed by atoms with E-state index in [1.54, 1.807) is 30.5 Å². The Balaban J connectivity index is 1.80. The van der Waals surface area contributed by atoms with Crippen LogP contribution in [0.5, 0.6) is 11.5 Å². The van der Waals surface area contributed by atoms with E-state index >= 15 is 0 Å². The summed E-state index contributed by atoms with van der Waals surface area (Å²) in [4.78, 5) is 4.28. The molecule has 0 radical (unpaired) electrons. The van der Waals surface area contributed by atoms with E-state index in [0.29, 0.717) is 27.9 Å². The Morgan fingerprint density at radius 3 is 2.50 bits per heavy atom. The molecule has 0 spiro atoms. The van der Waals surface area contributed by atoms with Crippen LogP contribution < -0.4 is 14.8 Å². The maximum absolute atomic E-state index is 13.7. The molecule has 2 aromatic carbocycles. The minimum absolute atomic E-state index is 0.0208. The smallest absolute Gasteiger partial charge is 0.169 e. The largest absolute Gasteiger partial charge is 0.493 e. The molecule has 0 saturated heterocycles. The molecule has 1 N–H and O–H groups in total. The molecule has 4 nitrogen and oxygen atoms in total. The molecule has 0 saturated carbocycles. The highest BCUT2D eigenvalue weighted by Gasteiger charge is 2.13.